The molecule has 1 aromatic rings. The molecule has 0 saturated heterocycles. The monoisotopic (exact) mass is 144 g/mol. The minimum atomic E-state index is 0.456. The van der Waals surface area contributed by atoms with Crippen LogP contribution in [0.5, 0.6) is 0 Å². The highest BCUT2D eigenvalue weighted by Gasteiger charge is 1.79. The molecule has 0 radical (unpaired) electrons. The Morgan fingerprint density at radius 2 is 2.38 bits per heavy atom. The molecule has 0 aliphatic carbocycles. The molecule has 3 heteroatoms. The Morgan fingerprint density at radius 3 is 2.75 bits per heavy atom. The molecule has 0 amide bonds. The molecule has 0 unspecified atom stereocenters. The van der Waals surface area contributed by atoms with Gasteiger partial charge in [0, 0.05) is 6.20 Å². The molecule has 42 valence electrons. The minimum absolute atomic E-state index is 0.456. The maximum absolute atomic E-state index is 5.47. The van der Waals surface area contributed by atoms with E-state index in [0.717, 1.165) is 4.90 Å². The number of rotatable bonds is 0. The lowest BCUT2D eigenvalue weighted by Crippen LogP contribution is -1.73. The van der Waals surface area contributed by atoms with E-state index in [9.17, 15) is 0 Å². The van der Waals surface area contributed by atoms with Crippen molar-refractivity contribution in [3.8, 4) is 0 Å². The summed E-state index contributed by atoms with van der Waals surface area (Å²) in [4.78, 5) is 4.47. The van der Waals surface area contributed by atoms with Crippen LogP contribution >= 0.6 is 11.6 Å². The number of nitrogens with zero attached hydrogens (tertiary/aromatic N) is 1. The molecule has 0 atom stereocenters. The molecule has 1 aromatic heterocycles. The van der Waals surface area contributed by atoms with E-state index >= 15 is 0 Å². The van der Waals surface area contributed by atoms with E-state index in [4.69, 9.17) is 24.2 Å². The summed E-state index contributed by atoms with van der Waals surface area (Å²) < 4.78 is 0. The van der Waals surface area contributed by atoms with Crippen molar-refractivity contribution in [3.63, 3.8) is 0 Å². The molecule has 0 aliphatic rings. The Kier molecular flexibility index (Phi) is 1.65. The highest BCUT2D eigenvalue weighted by molar-refractivity contribution is 7.58. The number of pyridine rings is 1. The smallest absolute Gasteiger partial charge is 0.127 e. The van der Waals surface area contributed by atoms with Crippen LogP contribution in [0.2, 0.25) is 5.15 Å². The zero-order valence-electron chi connectivity index (χ0n) is 3.97. The molecular weight excluding hydrogens is 142 g/mol. The van der Waals surface area contributed by atoms with Gasteiger partial charge in [0.25, 0.3) is 0 Å². The van der Waals surface area contributed by atoms with Gasteiger partial charge in [-0.15, -0.1) is 0 Å². The third-order valence-corrected chi connectivity index (χ3v) is 1.16. The van der Waals surface area contributed by atoms with Crippen molar-refractivity contribution < 1.29 is 0 Å². The van der Waals surface area contributed by atoms with Crippen LogP contribution in [-0.4, -0.2) is 4.98 Å². The summed E-state index contributed by atoms with van der Waals surface area (Å²) in [5.74, 6) is 0. The van der Waals surface area contributed by atoms with E-state index in [-0.39, 0.29) is 0 Å². The van der Waals surface area contributed by atoms with Gasteiger partial charge in [-0.2, -0.15) is 4.90 Å². The summed E-state index contributed by atoms with van der Waals surface area (Å²) in [7, 11) is 0. The summed E-state index contributed by atoms with van der Waals surface area (Å²) >= 11 is 10.2. The number of hydrogen-bond acceptors (Lipinski definition) is 2. The van der Waals surface area contributed by atoms with Gasteiger partial charge >= 0.3 is 0 Å². The molecule has 1 heterocycles. The standard InChI is InChI=1S/C5H4ClNS/c6-5-3-4(8)1-2-7-5/h1-3H,(H,7,8)/p-1. The molecule has 0 fully saturated rings. The Bertz CT molecular complexity index is 172. The van der Waals surface area contributed by atoms with Crippen LogP contribution < -0.4 is 0 Å². The normalized spacial score (nSPS) is 9.12. The average molecular weight is 145 g/mol. The molecular formula is C5H3ClNS-. The summed E-state index contributed by atoms with van der Waals surface area (Å²) in [6.45, 7) is 0. The van der Waals surface area contributed by atoms with E-state index in [1.807, 2.05) is 0 Å². The van der Waals surface area contributed by atoms with Gasteiger partial charge in [0.15, 0.2) is 0 Å². The van der Waals surface area contributed by atoms with Gasteiger partial charge in [-0.1, -0.05) is 17.7 Å². The zero-order chi connectivity index (χ0) is 5.98. The minimum Gasteiger partial charge on any atom is -0.780 e. The summed E-state index contributed by atoms with van der Waals surface area (Å²) in [6.07, 6.45) is 1.59. The fourth-order valence-electron chi connectivity index (χ4n) is 0.385. The predicted molar refractivity (Wildman–Crippen MR) is 34.9 cm³/mol. The van der Waals surface area contributed by atoms with Crippen LogP contribution in [0.25, 0.3) is 0 Å². The van der Waals surface area contributed by atoms with Gasteiger partial charge in [-0.05, 0) is 6.07 Å². The molecule has 0 saturated carbocycles. The lowest BCUT2D eigenvalue weighted by molar-refractivity contribution is 1.27. The predicted octanol–water partition coefficient (Wildman–Crippen LogP) is 1.64. The Balaban J connectivity index is 3.08. The first kappa shape index (κ1) is 5.79. The van der Waals surface area contributed by atoms with Crippen LogP contribution in [-0.2, 0) is 12.6 Å². The van der Waals surface area contributed by atoms with Crippen LogP contribution in [0.1, 0.15) is 0 Å². The highest BCUT2D eigenvalue weighted by atomic mass is 35.5. The van der Waals surface area contributed by atoms with E-state index in [1.165, 1.54) is 0 Å². The average Bonchev–Trinajstić information content (AvgIpc) is 1.64. The fraction of sp³-hybridized carbons (Fsp3) is 0. The number of halogens is 1. The molecule has 0 aromatic carbocycles. The number of hydrogen-bond donors (Lipinski definition) is 0. The summed E-state index contributed by atoms with van der Waals surface area (Å²) in [5, 5.41) is 0.456. The summed E-state index contributed by atoms with van der Waals surface area (Å²) in [5.41, 5.74) is 0. The van der Waals surface area contributed by atoms with Gasteiger partial charge < -0.3 is 12.6 Å². The summed E-state index contributed by atoms with van der Waals surface area (Å²) in [6, 6.07) is 3.36. The van der Waals surface area contributed by atoms with E-state index < -0.39 is 0 Å². The van der Waals surface area contributed by atoms with Crippen molar-refractivity contribution in [2.45, 2.75) is 4.90 Å². The van der Waals surface area contributed by atoms with E-state index in [1.54, 1.807) is 18.3 Å². The Morgan fingerprint density at radius 1 is 1.62 bits per heavy atom. The maximum Gasteiger partial charge on any atom is 0.127 e. The van der Waals surface area contributed by atoms with Crippen molar-refractivity contribution >= 4 is 24.2 Å². The first-order valence-electron chi connectivity index (χ1n) is 2.07. The molecule has 1 rings (SSSR count). The molecule has 1 nitrogen and oxygen atoms in total. The Hall–Kier alpha value is -0.340. The van der Waals surface area contributed by atoms with Crippen LogP contribution in [0.4, 0.5) is 0 Å². The second-order valence-corrected chi connectivity index (χ2v) is 2.17. The van der Waals surface area contributed by atoms with Gasteiger partial charge in [-0.25, -0.2) is 4.98 Å². The lowest BCUT2D eigenvalue weighted by Gasteiger charge is -2.00. The molecule has 0 aliphatic heterocycles. The van der Waals surface area contributed by atoms with E-state index in [2.05, 4.69) is 4.98 Å². The fourth-order valence-corrected chi connectivity index (χ4v) is 0.796. The second kappa shape index (κ2) is 2.29. The zero-order valence-corrected chi connectivity index (χ0v) is 5.54. The highest BCUT2D eigenvalue weighted by Crippen LogP contribution is 2.04. The maximum atomic E-state index is 5.47. The molecule has 0 bridgehead atoms. The van der Waals surface area contributed by atoms with Gasteiger partial charge in [0.1, 0.15) is 5.15 Å². The van der Waals surface area contributed by atoms with Crippen LogP contribution in [0.15, 0.2) is 23.2 Å². The van der Waals surface area contributed by atoms with Crippen molar-refractivity contribution in [1.82, 2.24) is 4.98 Å². The van der Waals surface area contributed by atoms with Crippen molar-refractivity contribution in [2.75, 3.05) is 0 Å². The van der Waals surface area contributed by atoms with Crippen molar-refractivity contribution in [1.29, 1.82) is 0 Å². The van der Waals surface area contributed by atoms with Crippen LogP contribution in [0.3, 0.4) is 0 Å². The first-order valence-corrected chi connectivity index (χ1v) is 2.86. The van der Waals surface area contributed by atoms with Gasteiger partial charge in [0.2, 0.25) is 0 Å². The second-order valence-electron chi connectivity index (χ2n) is 1.31. The number of aromatic nitrogens is 1. The largest absolute Gasteiger partial charge is 0.780 e. The third kappa shape index (κ3) is 1.32. The molecule has 8 heavy (non-hydrogen) atoms. The lowest BCUT2D eigenvalue weighted by atomic mass is 10.5. The SMILES string of the molecule is [S-]c1ccnc(Cl)c1. The van der Waals surface area contributed by atoms with Crippen LogP contribution in [0, 0.1) is 0 Å². The first-order chi connectivity index (χ1) is 3.79. The van der Waals surface area contributed by atoms with Crippen molar-refractivity contribution in [2.24, 2.45) is 0 Å². The Labute approximate surface area is 58.1 Å². The quantitative estimate of drug-likeness (QED) is 0.406. The molecule has 0 spiro atoms. The topological polar surface area (TPSA) is 12.9 Å². The molecule has 0 N–H and O–H groups in total. The van der Waals surface area contributed by atoms with E-state index in [0.29, 0.717) is 5.15 Å². The van der Waals surface area contributed by atoms with Gasteiger partial charge in [0.05, 0.1) is 0 Å². The van der Waals surface area contributed by atoms with Crippen molar-refractivity contribution in [3.05, 3.63) is 23.5 Å². The van der Waals surface area contributed by atoms with Gasteiger partial charge in [-0.3, -0.25) is 0 Å². The third-order valence-electron chi connectivity index (χ3n) is 0.698.